The van der Waals surface area contributed by atoms with E-state index in [1.54, 1.807) is 26.1 Å². The van der Waals surface area contributed by atoms with Crippen molar-refractivity contribution in [1.82, 2.24) is 51.4 Å². The van der Waals surface area contributed by atoms with E-state index in [2.05, 4.69) is 41.5 Å². The molecule has 0 unspecified atom stereocenters. The molecule has 1 aliphatic rings. The van der Waals surface area contributed by atoms with Crippen LogP contribution in [0, 0.1) is 5.92 Å². The first kappa shape index (κ1) is 43.6. The number of nitrogens with zero attached hydrogens (tertiary/aromatic N) is 4. The highest BCUT2D eigenvalue weighted by atomic mass is 16.3. The molecule has 0 radical (unpaired) electrons. The number of nitrogens with one attached hydrogen (secondary N) is 6. The summed E-state index contributed by atoms with van der Waals surface area (Å²) in [5, 5.41) is 25.5. The maximum Gasteiger partial charge on any atom is 0.248 e. The Hall–Kier alpha value is -6.50. The Morgan fingerprint density at radius 3 is 2.19 bits per heavy atom. The number of fused-ring (bicyclic) bond motifs is 3. The van der Waals surface area contributed by atoms with Crippen molar-refractivity contribution in [3.8, 4) is 0 Å². The van der Waals surface area contributed by atoms with Crippen molar-refractivity contribution in [2.24, 2.45) is 11.7 Å². The van der Waals surface area contributed by atoms with Gasteiger partial charge in [-0.1, -0.05) is 38.1 Å². The van der Waals surface area contributed by atoms with Crippen LogP contribution in [0.15, 0.2) is 55.1 Å². The van der Waals surface area contributed by atoms with Gasteiger partial charge in [0.05, 0.1) is 23.5 Å². The fraction of sp³-hybridized carbons (Fsp3) is 0.450. The number of nitrogens with two attached hydrogens (primary N) is 1. The van der Waals surface area contributed by atoms with E-state index in [4.69, 9.17) is 10.7 Å². The fourth-order valence-electron chi connectivity index (χ4n) is 6.95. The van der Waals surface area contributed by atoms with Gasteiger partial charge in [-0.25, -0.2) is 4.98 Å². The Morgan fingerprint density at radius 2 is 1.54 bits per heavy atom. The quantitative estimate of drug-likeness (QED) is 0.0615. The van der Waals surface area contributed by atoms with Gasteiger partial charge in [-0.3, -0.25) is 43.5 Å². The number of benzene rings is 1. The lowest BCUT2D eigenvalue weighted by atomic mass is 10.0. The molecule has 0 aliphatic carbocycles. The third-order valence-electron chi connectivity index (χ3n) is 10.1. The summed E-state index contributed by atoms with van der Waals surface area (Å²) >= 11 is 0. The highest BCUT2D eigenvalue weighted by Crippen LogP contribution is 2.23. The SMILES string of the molecule is CC(=O)N[C@@H](Cc1ccc2ccc3cccnc3c2n1)C(=O)N[C@H](C(=O)N1CCC[C@H]1C(=O)N[C@H](C)C(=O)N[C@H](C(=O)N[C@@H](Cc1cnc[nH]1)C(N)=O)C(C)C)[C@@H](C)O. The number of hydrogen-bond donors (Lipinski definition) is 8. The highest BCUT2D eigenvalue weighted by molar-refractivity contribution is 6.03. The van der Waals surface area contributed by atoms with E-state index in [1.165, 1.54) is 38.2 Å². The van der Waals surface area contributed by atoms with Crippen LogP contribution in [0.4, 0.5) is 0 Å². The van der Waals surface area contributed by atoms with E-state index < -0.39 is 89.6 Å². The van der Waals surface area contributed by atoms with Gasteiger partial charge in [0, 0.05) is 60.9 Å². The van der Waals surface area contributed by atoms with Gasteiger partial charge < -0.3 is 47.3 Å². The number of imidazole rings is 1. The highest BCUT2D eigenvalue weighted by Gasteiger charge is 2.41. The van der Waals surface area contributed by atoms with Crippen molar-refractivity contribution >= 4 is 63.2 Å². The van der Waals surface area contributed by atoms with Crippen molar-refractivity contribution < 1.29 is 38.7 Å². The van der Waals surface area contributed by atoms with Crippen LogP contribution >= 0.6 is 0 Å². The van der Waals surface area contributed by atoms with E-state index >= 15 is 0 Å². The Balaban J connectivity index is 1.23. The molecule has 7 amide bonds. The number of primary amides is 1. The molecule has 5 rings (SSSR count). The lowest BCUT2D eigenvalue weighted by Crippen LogP contribution is -2.61. The average molecular weight is 814 g/mol. The number of likely N-dealkylation sites (tertiary alicyclic amines) is 1. The van der Waals surface area contributed by atoms with Gasteiger partial charge in [0.2, 0.25) is 41.4 Å². The lowest BCUT2D eigenvalue weighted by molar-refractivity contribution is -0.144. The van der Waals surface area contributed by atoms with Gasteiger partial charge in [-0.05, 0) is 44.7 Å². The maximum atomic E-state index is 14.0. The van der Waals surface area contributed by atoms with Crippen molar-refractivity contribution in [3.63, 3.8) is 0 Å². The number of amides is 7. The zero-order valence-electron chi connectivity index (χ0n) is 33.5. The molecule has 3 aromatic heterocycles. The summed E-state index contributed by atoms with van der Waals surface area (Å²) in [6.45, 7) is 7.50. The zero-order chi connectivity index (χ0) is 43.0. The number of aromatic amines is 1. The zero-order valence-corrected chi connectivity index (χ0v) is 33.5. The number of rotatable bonds is 17. The second-order valence-electron chi connectivity index (χ2n) is 15.1. The summed E-state index contributed by atoms with van der Waals surface area (Å²) in [5.41, 5.74) is 7.84. The smallest absolute Gasteiger partial charge is 0.248 e. The number of pyridine rings is 2. The third-order valence-corrected chi connectivity index (χ3v) is 10.1. The molecular weight excluding hydrogens is 763 g/mol. The summed E-state index contributed by atoms with van der Waals surface area (Å²) in [6, 6.07) is 4.07. The number of aliphatic hydroxyl groups excluding tert-OH is 1. The van der Waals surface area contributed by atoms with Crippen LogP contribution < -0.4 is 32.3 Å². The molecule has 19 nitrogen and oxygen atoms in total. The minimum Gasteiger partial charge on any atom is -0.391 e. The molecule has 0 saturated carbocycles. The summed E-state index contributed by atoms with van der Waals surface area (Å²) in [6.07, 6.45) is 3.83. The van der Waals surface area contributed by atoms with Gasteiger partial charge in [-0.15, -0.1) is 0 Å². The molecular formula is C40H51N11O8. The van der Waals surface area contributed by atoms with Crippen LogP contribution in [0.1, 0.15) is 58.8 Å². The lowest BCUT2D eigenvalue weighted by Gasteiger charge is -2.31. The summed E-state index contributed by atoms with van der Waals surface area (Å²) in [5.74, 6) is -5.22. The Kier molecular flexibility index (Phi) is 14.3. The molecule has 1 saturated heterocycles. The molecule has 1 aliphatic heterocycles. The van der Waals surface area contributed by atoms with Crippen LogP contribution in [0.25, 0.3) is 21.8 Å². The molecule has 0 bridgehead atoms. The van der Waals surface area contributed by atoms with E-state index in [0.29, 0.717) is 28.8 Å². The fourth-order valence-corrected chi connectivity index (χ4v) is 6.95. The molecule has 19 heteroatoms. The van der Waals surface area contributed by atoms with Crippen LogP contribution in [0.3, 0.4) is 0 Å². The van der Waals surface area contributed by atoms with Crippen LogP contribution in [0.5, 0.6) is 0 Å². The molecule has 314 valence electrons. The van der Waals surface area contributed by atoms with Crippen LogP contribution in [0.2, 0.25) is 0 Å². The van der Waals surface area contributed by atoms with Gasteiger partial charge in [0.15, 0.2) is 0 Å². The summed E-state index contributed by atoms with van der Waals surface area (Å²) in [4.78, 5) is 109. The number of aromatic nitrogens is 4. The van der Waals surface area contributed by atoms with Crippen LogP contribution in [-0.4, -0.2) is 120 Å². The molecule has 0 spiro atoms. The van der Waals surface area contributed by atoms with Gasteiger partial charge in [0.1, 0.15) is 36.3 Å². The Bertz CT molecular complexity index is 2190. The third kappa shape index (κ3) is 10.9. The molecule has 1 aromatic carbocycles. The van der Waals surface area contributed by atoms with Crippen molar-refractivity contribution in [1.29, 1.82) is 0 Å². The van der Waals surface area contributed by atoms with Gasteiger partial charge in [-0.2, -0.15) is 0 Å². The minimum absolute atomic E-state index is 0.0454. The summed E-state index contributed by atoms with van der Waals surface area (Å²) < 4.78 is 0. The van der Waals surface area contributed by atoms with E-state index in [0.717, 1.165) is 10.8 Å². The first-order chi connectivity index (χ1) is 28.0. The molecule has 7 atom stereocenters. The normalized spacial score (nSPS) is 17.0. The Labute approximate surface area is 340 Å². The predicted molar refractivity (Wildman–Crippen MR) is 214 cm³/mol. The molecule has 9 N–H and O–H groups in total. The molecule has 4 aromatic rings. The standard InChI is InChI=1S/C40H51N11O8/c1-20(2)31(39(58)48-28(35(41)54)17-27-18-42-19-44-27)49-36(55)21(3)45-38(57)30-9-7-15-51(30)40(59)32(22(4)52)50-37(56)29(46-23(5)53)16-26-13-12-25-11-10-24-8-6-14-43-33(24)34(25)47-26/h6,8,10-14,18-22,28-32,52H,7,9,15-17H2,1-5H3,(H2,41,54)(H,42,44)(H,45,57)(H,46,53)(H,48,58)(H,49,55)(H,50,56)/t21-,22-,28+,29+,30+,31+,32+/m1/s1. The number of carbonyl (C=O) groups is 7. The molecule has 1 fully saturated rings. The summed E-state index contributed by atoms with van der Waals surface area (Å²) in [7, 11) is 0. The number of carbonyl (C=O) groups excluding carboxylic acids is 7. The minimum atomic E-state index is -1.49. The number of aliphatic hydroxyl groups is 1. The molecule has 59 heavy (non-hydrogen) atoms. The monoisotopic (exact) mass is 813 g/mol. The second kappa shape index (κ2) is 19.3. The topological polar surface area (TPSA) is 284 Å². The van der Waals surface area contributed by atoms with Crippen LogP contribution in [-0.2, 0) is 46.4 Å². The number of hydrogen-bond acceptors (Lipinski definition) is 11. The first-order valence-electron chi connectivity index (χ1n) is 19.4. The van der Waals surface area contributed by atoms with Crippen molar-refractivity contribution in [2.75, 3.05) is 6.54 Å². The van der Waals surface area contributed by atoms with Crippen molar-refractivity contribution in [3.05, 3.63) is 66.5 Å². The number of H-pyrrole nitrogens is 1. The van der Waals surface area contributed by atoms with Gasteiger partial charge >= 0.3 is 0 Å². The van der Waals surface area contributed by atoms with E-state index in [9.17, 15) is 38.7 Å². The predicted octanol–water partition coefficient (Wildman–Crippen LogP) is -0.732. The maximum absolute atomic E-state index is 14.0. The van der Waals surface area contributed by atoms with Gasteiger partial charge in [0.25, 0.3) is 0 Å². The first-order valence-corrected chi connectivity index (χ1v) is 19.4. The molecule has 4 heterocycles. The van der Waals surface area contributed by atoms with Crippen molar-refractivity contribution in [2.45, 2.75) is 103 Å². The largest absolute Gasteiger partial charge is 0.391 e. The Morgan fingerprint density at radius 1 is 0.847 bits per heavy atom. The second-order valence-corrected chi connectivity index (χ2v) is 15.1. The average Bonchev–Trinajstić information content (AvgIpc) is 3.90. The van der Waals surface area contributed by atoms with E-state index in [-0.39, 0.29) is 25.8 Å². The van der Waals surface area contributed by atoms with E-state index in [1.807, 2.05) is 30.3 Å².